The van der Waals surface area contributed by atoms with Crippen LogP contribution in [0.3, 0.4) is 0 Å². The molecule has 1 atom stereocenters. The molecule has 9 heteroatoms. The van der Waals surface area contributed by atoms with E-state index in [0.717, 1.165) is 13.1 Å². The first kappa shape index (κ1) is 16.4. The van der Waals surface area contributed by atoms with Crippen LogP contribution in [-0.4, -0.2) is 16.4 Å². The van der Waals surface area contributed by atoms with E-state index in [2.05, 4.69) is 0 Å². The van der Waals surface area contributed by atoms with Crippen molar-refractivity contribution in [1.29, 1.82) is 0 Å². The normalized spacial score (nSPS) is 12.8. The fourth-order valence-electron chi connectivity index (χ4n) is 2.21. The number of ether oxygens (including phenoxy) is 1. The zero-order valence-corrected chi connectivity index (χ0v) is 12.8. The average molecular weight is 321 g/mol. The van der Waals surface area contributed by atoms with Crippen molar-refractivity contribution in [2.45, 2.75) is 32.4 Å². The standard InChI is InChI=1S/C14H15N3O6/c1-9(18)23-13(14(2,3)17(21)22)12-8-15(19)10-6-4-5-7-11(10)16(12)20/h4-8,13H,1-3H3. The Morgan fingerprint density at radius 3 is 2.35 bits per heavy atom. The van der Waals surface area contributed by atoms with E-state index in [-0.39, 0.29) is 16.7 Å². The first-order valence-corrected chi connectivity index (χ1v) is 6.72. The molecule has 0 aliphatic heterocycles. The van der Waals surface area contributed by atoms with E-state index >= 15 is 0 Å². The van der Waals surface area contributed by atoms with Gasteiger partial charge in [0.1, 0.15) is 0 Å². The van der Waals surface area contributed by atoms with Crippen molar-refractivity contribution in [2.75, 3.05) is 0 Å². The Kier molecular flexibility index (Phi) is 4.04. The SMILES string of the molecule is CC(=O)OC(c1c[n+]([O-])c2ccccc2[n+]1[O-])C(C)(C)[N+](=O)[O-]. The predicted octanol–water partition coefficient (Wildman–Crippen LogP) is 0.766. The van der Waals surface area contributed by atoms with Crippen LogP contribution in [0, 0.1) is 20.5 Å². The summed E-state index contributed by atoms with van der Waals surface area (Å²) in [6.45, 7) is 3.50. The van der Waals surface area contributed by atoms with E-state index in [1.165, 1.54) is 26.0 Å². The van der Waals surface area contributed by atoms with Crippen molar-refractivity contribution in [3.8, 4) is 0 Å². The van der Waals surface area contributed by atoms with Gasteiger partial charge in [0.25, 0.3) is 28.9 Å². The number of carbonyl (C=O) groups is 1. The monoisotopic (exact) mass is 321 g/mol. The summed E-state index contributed by atoms with van der Waals surface area (Å²) in [7, 11) is 0. The van der Waals surface area contributed by atoms with E-state index in [9.17, 15) is 25.3 Å². The number of rotatable bonds is 4. The molecule has 0 saturated heterocycles. The molecule has 1 aromatic heterocycles. The summed E-state index contributed by atoms with van der Waals surface area (Å²) in [6.07, 6.45) is -0.619. The molecule has 0 aliphatic rings. The number of esters is 1. The number of nitro groups is 1. The molecule has 1 heterocycles. The van der Waals surface area contributed by atoms with Gasteiger partial charge < -0.3 is 15.2 Å². The van der Waals surface area contributed by atoms with E-state index in [4.69, 9.17) is 4.74 Å². The number of hydrogen-bond acceptors (Lipinski definition) is 6. The van der Waals surface area contributed by atoms with Crippen LogP contribution in [0.4, 0.5) is 0 Å². The van der Waals surface area contributed by atoms with Crippen LogP contribution in [0.2, 0.25) is 0 Å². The molecule has 1 aromatic carbocycles. The topological polar surface area (TPSA) is 123 Å². The van der Waals surface area contributed by atoms with Gasteiger partial charge in [0.15, 0.2) is 0 Å². The molecule has 0 radical (unpaired) electrons. The minimum Gasteiger partial charge on any atom is -0.618 e. The second kappa shape index (κ2) is 5.67. The quantitative estimate of drug-likeness (QED) is 0.269. The first-order valence-electron chi connectivity index (χ1n) is 6.72. The Morgan fingerprint density at radius 1 is 1.26 bits per heavy atom. The summed E-state index contributed by atoms with van der Waals surface area (Å²) in [4.78, 5) is 21.9. The molecule has 122 valence electrons. The molecule has 2 rings (SSSR count). The maximum atomic E-state index is 12.5. The molecule has 0 spiro atoms. The lowest BCUT2D eigenvalue weighted by Gasteiger charge is -2.24. The third-order valence-corrected chi connectivity index (χ3v) is 3.49. The molecular weight excluding hydrogens is 306 g/mol. The number of para-hydroxylation sites is 2. The zero-order chi connectivity index (χ0) is 17.4. The van der Waals surface area contributed by atoms with Crippen LogP contribution < -0.4 is 9.46 Å². The van der Waals surface area contributed by atoms with E-state index in [1.807, 2.05) is 0 Å². The van der Waals surface area contributed by atoms with Gasteiger partial charge in [-0.1, -0.05) is 12.1 Å². The van der Waals surface area contributed by atoms with Gasteiger partial charge >= 0.3 is 11.7 Å². The molecule has 0 aliphatic carbocycles. The van der Waals surface area contributed by atoms with Crippen molar-refractivity contribution in [3.05, 3.63) is 56.7 Å². The van der Waals surface area contributed by atoms with Gasteiger partial charge in [-0.05, 0) is 0 Å². The summed E-state index contributed by atoms with van der Waals surface area (Å²) in [5, 5.41) is 35.9. The lowest BCUT2D eigenvalue weighted by atomic mass is 9.95. The number of fused-ring (bicyclic) bond motifs is 1. The fraction of sp³-hybridized carbons (Fsp3) is 0.357. The minimum absolute atomic E-state index is 0.0244. The third kappa shape index (κ3) is 2.85. The van der Waals surface area contributed by atoms with Gasteiger partial charge in [0, 0.05) is 37.8 Å². The van der Waals surface area contributed by atoms with E-state index in [1.54, 1.807) is 12.1 Å². The van der Waals surface area contributed by atoms with Crippen molar-refractivity contribution in [2.24, 2.45) is 0 Å². The lowest BCUT2D eigenvalue weighted by Crippen LogP contribution is -2.49. The molecule has 0 amide bonds. The Balaban J connectivity index is 2.73. The Hall–Kier alpha value is -2.97. The smallest absolute Gasteiger partial charge is 0.307 e. The molecule has 2 aromatic rings. The summed E-state index contributed by atoms with van der Waals surface area (Å²) in [5.41, 5.74) is -1.98. The number of aromatic nitrogens is 2. The molecule has 0 bridgehead atoms. The molecular formula is C14H15N3O6. The van der Waals surface area contributed by atoms with Gasteiger partial charge in [0.2, 0.25) is 0 Å². The highest BCUT2D eigenvalue weighted by atomic mass is 16.6. The first-order chi connectivity index (χ1) is 10.7. The van der Waals surface area contributed by atoms with Crippen molar-refractivity contribution >= 4 is 17.0 Å². The third-order valence-electron chi connectivity index (χ3n) is 3.49. The molecule has 0 fully saturated rings. The zero-order valence-electron chi connectivity index (χ0n) is 12.8. The van der Waals surface area contributed by atoms with Crippen molar-refractivity contribution in [3.63, 3.8) is 0 Å². The van der Waals surface area contributed by atoms with E-state index in [0.29, 0.717) is 9.46 Å². The molecule has 23 heavy (non-hydrogen) atoms. The second-order valence-electron chi connectivity index (χ2n) is 5.56. The molecule has 0 saturated carbocycles. The van der Waals surface area contributed by atoms with Gasteiger partial charge in [-0.3, -0.25) is 14.9 Å². The Bertz CT molecular complexity index is 789. The Labute approximate surface area is 131 Å². The second-order valence-corrected chi connectivity index (χ2v) is 5.56. The molecule has 1 unspecified atom stereocenters. The van der Waals surface area contributed by atoms with Crippen LogP contribution in [-0.2, 0) is 9.53 Å². The maximum Gasteiger partial charge on any atom is 0.307 e. The largest absolute Gasteiger partial charge is 0.618 e. The highest BCUT2D eigenvalue weighted by molar-refractivity contribution is 5.67. The van der Waals surface area contributed by atoms with Crippen LogP contribution in [0.25, 0.3) is 11.0 Å². The summed E-state index contributed by atoms with van der Waals surface area (Å²) in [6, 6.07) is 5.99. The predicted molar refractivity (Wildman–Crippen MR) is 77.4 cm³/mol. The van der Waals surface area contributed by atoms with Crippen LogP contribution in [0.5, 0.6) is 0 Å². The highest BCUT2D eigenvalue weighted by Crippen LogP contribution is 2.30. The average Bonchev–Trinajstić information content (AvgIpc) is 2.48. The molecule has 9 nitrogen and oxygen atoms in total. The summed E-state index contributed by atoms with van der Waals surface area (Å²) in [5.74, 6) is -0.796. The number of carbonyl (C=O) groups excluding carboxylic acids is 1. The van der Waals surface area contributed by atoms with E-state index < -0.39 is 22.5 Å². The number of benzene rings is 1. The maximum absolute atomic E-state index is 12.5. The van der Waals surface area contributed by atoms with Crippen molar-refractivity contribution < 1.29 is 23.9 Å². The summed E-state index contributed by atoms with van der Waals surface area (Å²) >= 11 is 0. The van der Waals surface area contributed by atoms with Crippen LogP contribution >= 0.6 is 0 Å². The highest BCUT2D eigenvalue weighted by Gasteiger charge is 2.50. The minimum atomic E-state index is -1.80. The van der Waals surface area contributed by atoms with Gasteiger partial charge in [-0.15, -0.1) is 0 Å². The van der Waals surface area contributed by atoms with Gasteiger partial charge in [-0.25, -0.2) is 0 Å². The van der Waals surface area contributed by atoms with Gasteiger partial charge in [0.05, 0.1) is 0 Å². The fourth-order valence-corrected chi connectivity index (χ4v) is 2.21. The number of nitrogens with zero attached hydrogens (tertiary/aromatic N) is 3. The number of hydrogen-bond donors (Lipinski definition) is 0. The molecule has 0 N–H and O–H groups in total. The van der Waals surface area contributed by atoms with Gasteiger partial charge in [-0.2, -0.15) is 9.46 Å². The summed E-state index contributed by atoms with van der Waals surface area (Å²) < 4.78 is 5.79. The Morgan fingerprint density at radius 2 is 1.83 bits per heavy atom. The lowest BCUT2D eigenvalue weighted by molar-refractivity contribution is -0.647. The van der Waals surface area contributed by atoms with Crippen LogP contribution in [0.15, 0.2) is 30.5 Å². The van der Waals surface area contributed by atoms with Crippen molar-refractivity contribution in [1.82, 2.24) is 0 Å². The van der Waals surface area contributed by atoms with Crippen LogP contribution in [0.1, 0.15) is 32.6 Å².